The fourth-order valence-corrected chi connectivity index (χ4v) is 2.40. The Morgan fingerprint density at radius 1 is 0.889 bits per heavy atom. The number of amides is 1. The summed E-state index contributed by atoms with van der Waals surface area (Å²) < 4.78 is 10.5. The van der Waals surface area contributed by atoms with Gasteiger partial charge in [0.2, 0.25) is 0 Å². The monoisotopic (exact) mass is 364 g/mol. The van der Waals surface area contributed by atoms with Crippen molar-refractivity contribution in [3.8, 4) is 11.5 Å². The number of ether oxygens (including phenoxy) is 2. The normalized spacial score (nSPS) is 10.2. The molecule has 0 aliphatic heterocycles. The smallest absolute Gasteiger partial charge is 0.256 e. The molecule has 7 nitrogen and oxygen atoms in total. The molecule has 0 saturated heterocycles. The first-order chi connectivity index (χ1) is 13.1. The molecule has 138 valence electrons. The van der Waals surface area contributed by atoms with E-state index in [1.807, 2.05) is 31.2 Å². The molecular formula is C20H20N4O3. The van der Waals surface area contributed by atoms with Crippen LogP contribution in [0.25, 0.3) is 0 Å². The van der Waals surface area contributed by atoms with Crippen LogP contribution >= 0.6 is 0 Å². The van der Waals surface area contributed by atoms with E-state index in [2.05, 4.69) is 20.8 Å². The Hall–Kier alpha value is -3.61. The van der Waals surface area contributed by atoms with Gasteiger partial charge in [-0.25, -0.2) is 0 Å². The van der Waals surface area contributed by atoms with Crippen LogP contribution in [0, 0.1) is 6.92 Å². The number of carbonyl (C=O) groups excluding carboxylic acids is 1. The molecule has 1 aromatic heterocycles. The van der Waals surface area contributed by atoms with Crippen LogP contribution in [0.1, 0.15) is 15.9 Å². The minimum atomic E-state index is -0.234. The average molecular weight is 364 g/mol. The Morgan fingerprint density at radius 2 is 1.59 bits per heavy atom. The number of benzene rings is 2. The summed E-state index contributed by atoms with van der Waals surface area (Å²) in [6.45, 7) is 1.97. The van der Waals surface area contributed by atoms with Crippen molar-refractivity contribution in [3.05, 3.63) is 65.7 Å². The average Bonchev–Trinajstić information content (AvgIpc) is 2.70. The molecule has 0 aliphatic carbocycles. The molecule has 0 aliphatic rings. The summed E-state index contributed by atoms with van der Waals surface area (Å²) in [5.41, 5.74) is 2.38. The number of rotatable bonds is 6. The van der Waals surface area contributed by atoms with E-state index in [1.165, 1.54) is 0 Å². The van der Waals surface area contributed by atoms with Crippen molar-refractivity contribution in [3.63, 3.8) is 0 Å². The number of methoxy groups -OCH3 is 2. The van der Waals surface area contributed by atoms with Gasteiger partial charge in [0.15, 0.2) is 11.6 Å². The van der Waals surface area contributed by atoms with Gasteiger partial charge in [-0.15, -0.1) is 10.2 Å². The highest BCUT2D eigenvalue weighted by Gasteiger charge is 2.09. The summed E-state index contributed by atoms with van der Waals surface area (Å²) in [5, 5.41) is 14.0. The highest BCUT2D eigenvalue weighted by molar-refractivity contribution is 6.03. The van der Waals surface area contributed by atoms with Crippen molar-refractivity contribution in [2.75, 3.05) is 24.9 Å². The van der Waals surface area contributed by atoms with Crippen LogP contribution < -0.4 is 20.1 Å². The van der Waals surface area contributed by atoms with Crippen LogP contribution in [-0.4, -0.2) is 30.3 Å². The van der Waals surface area contributed by atoms with Crippen molar-refractivity contribution >= 4 is 23.2 Å². The maximum atomic E-state index is 12.2. The number of hydrogen-bond acceptors (Lipinski definition) is 6. The quantitative estimate of drug-likeness (QED) is 0.692. The van der Waals surface area contributed by atoms with E-state index in [0.717, 1.165) is 11.3 Å². The Balaban J connectivity index is 1.68. The first-order valence-corrected chi connectivity index (χ1v) is 8.30. The van der Waals surface area contributed by atoms with E-state index in [4.69, 9.17) is 9.47 Å². The van der Waals surface area contributed by atoms with E-state index in [-0.39, 0.29) is 5.91 Å². The molecule has 3 rings (SSSR count). The lowest BCUT2D eigenvalue weighted by Gasteiger charge is -2.12. The van der Waals surface area contributed by atoms with E-state index >= 15 is 0 Å². The second-order valence-corrected chi connectivity index (χ2v) is 5.82. The molecule has 7 heteroatoms. The summed E-state index contributed by atoms with van der Waals surface area (Å²) in [4.78, 5) is 12.2. The van der Waals surface area contributed by atoms with E-state index < -0.39 is 0 Å². The standard InChI is InChI=1S/C20H20N4O3/c1-13-4-6-14(7-5-13)20(25)22-19-11-10-18(23-24-19)21-16-9-8-15(26-2)12-17(16)27-3/h4-12H,1-3H3,(H,21,23)(H,22,24,25). The molecular weight excluding hydrogens is 344 g/mol. The number of aryl methyl sites for hydroxylation is 1. The molecule has 2 N–H and O–H groups in total. The lowest BCUT2D eigenvalue weighted by Crippen LogP contribution is -2.13. The zero-order chi connectivity index (χ0) is 19.2. The van der Waals surface area contributed by atoms with Crippen molar-refractivity contribution in [1.82, 2.24) is 10.2 Å². The summed E-state index contributed by atoms with van der Waals surface area (Å²) in [7, 11) is 3.17. The molecule has 2 aromatic carbocycles. The number of hydrogen-bond donors (Lipinski definition) is 2. The first kappa shape index (κ1) is 18.2. The molecule has 3 aromatic rings. The third-order valence-electron chi connectivity index (χ3n) is 3.89. The van der Waals surface area contributed by atoms with Gasteiger partial charge in [0, 0.05) is 11.6 Å². The van der Waals surface area contributed by atoms with Crippen LogP contribution in [0.3, 0.4) is 0 Å². The number of anilines is 3. The van der Waals surface area contributed by atoms with Gasteiger partial charge < -0.3 is 20.1 Å². The zero-order valence-electron chi connectivity index (χ0n) is 15.3. The van der Waals surface area contributed by atoms with E-state index in [1.54, 1.807) is 44.6 Å². The Kier molecular flexibility index (Phi) is 5.51. The summed E-state index contributed by atoms with van der Waals surface area (Å²) in [6.07, 6.45) is 0. The number of nitrogens with zero attached hydrogens (tertiary/aromatic N) is 2. The predicted octanol–water partition coefficient (Wildman–Crippen LogP) is 3.80. The molecule has 1 heterocycles. The topological polar surface area (TPSA) is 85.4 Å². The number of carbonyl (C=O) groups is 1. The highest BCUT2D eigenvalue weighted by atomic mass is 16.5. The van der Waals surface area contributed by atoms with Crippen molar-refractivity contribution in [2.45, 2.75) is 6.92 Å². The van der Waals surface area contributed by atoms with Crippen molar-refractivity contribution < 1.29 is 14.3 Å². The minimum Gasteiger partial charge on any atom is -0.497 e. The third kappa shape index (κ3) is 4.52. The predicted molar refractivity (Wildman–Crippen MR) is 104 cm³/mol. The second kappa shape index (κ2) is 8.18. The molecule has 0 bridgehead atoms. The fourth-order valence-electron chi connectivity index (χ4n) is 2.40. The first-order valence-electron chi connectivity index (χ1n) is 8.30. The van der Waals surface area contributed by atoms with Crippen molar-refractivity contribution in [2.24, 2.45) is 0 Å². The van der Waals surface area contributed by atoms with Gasteiger partial charge in [-0.05, 0) is 43.3 Å². The Morgan fingerprint density at radius 3 is 2.22 bits per heavy atom. The number of nitrogens with one attached hydrogen (secondary N) is 2. The Labute approximate surface area is 157 Å². The molecule has 0 fully saturated rings. The lowest BCUT2D eigenvalue weighted by atomic mass is 10.1. The van der Waals surface area contributed by atoms with Gasteiger partial charge >= 0.3 is 0 Å². The second-order valence-electron chi connectivity index (χ2n) is 5.82. The molecule has 0 unspecified atom stereocenters. The van der Waals surface area contributed by atoms with Gasteiger partial charge in [-0.3, -0.25) is 4.79 Å². The molecule has 0 radical (unpaired) electrons. The van der Waals surface area contributed by atoms with Gasteiger partial charge in [-0.2, -0.15) is 0 Å². The van der Waals surface area contributed by atoms with E-state index in [9.17, 15) is 4.79 Å². The summed E-state index contributed by atoms with van der Waals surface area (Å²) in [5.74, 6) is 1.96. The zero-order valence-corrected chi connectivity index (χ0v) is 15.3. The van der Waals surface area contributed by atoms with Crippen LogP contribution in [0.2, 0.25) is 0 Å². The largest absolute Gasteiger partial charge is 0.497 e. The van der Waals surface area contributed by atoms with Crippen LogP contribution in [-0.2, 0) is 0 Å². The van der Waals surface area contributed by atoms with E-state index in [0.29, 0.717) is 28.7 Å². The lowest BCUT2D eigenvalue weighted by molar-refractivity contribution is 0.102. The SMILES string of the molecule is COc1ccc(Nc2ccc(NC(=O)c3ccc(C)cc3)nn2)c(OC)c1. The van der Waals surface area contributed by atoms with Crippen molar-refractivity contribution in [1.29, 1.82) is 0 Å². The van der Waals surface area contributed by atoms with Gasteiger partial charge in [-0.1, -0.05) is 17.7 Å². The molecule has 27 heavy (non-hydrogen) atoms. The minimum absolute atomic E-state index is 0.234. The molecule has 0 saturated carbocycles. The number of aromatic nitrogens is 2. The molecule has 0 spiro atoms. The molecule has 1 amide bonds. The summed E-state index contributed by atoms with van der Waals surface area (Å²) in [6, 6.07) is 16.1. The van der Waals surface area contributed by atoms with Crippen LogP contribution in [0.5, 0.6) is 11.5 Å². The molecule has 0 atom stereocenters. The van der Waals surface area contributed by atoms with Crippen LogP contribution in [0.15, 0.2) is 54.6 Å². The summed E-state index contributed by atoms with van der Waals surface area (Å²) >= 11 is 0. The van der Waals surface area contributed by atoms with Gasteiger partial charge in [0.25, 0.3) is 5.91 Å². The highest BCUT2D eigenvalue weighted by Crippen LogP contribution is 2.30. The van der Waals surface area contributed by atoms with Gasteiger partial charge in [0.05, 0.1) is 19.9 Å². The van der Waals surface area contributed by atoms with Crippen LogP contribution in [0.4, 0.5) is 17.3 Å². The maximum absolute atomic E-state index is 12.2. The van der Waals surface area contributed by atoms with Gasteiger partial charge in [0.1, 0.15) is 11.5 Å². The third-order valence-corrected chi connectivity index (χ3v) is 3.89. The fraction of sp³-hybridized carbons (Fsp3) is 0.150. The maximum Gasteiger partial charge on any atom is 0.256 e. The Bertz CT molecular complexity index is 925.